The highest BCUT2D eigenvalue weighted by Gasteiger charge is 2.55. The lowest BCUT2D eigenvalue weighted by Gasteiger charge is -2.48. The number of nitrogens with zero attached hydrogens (tertiary/aromatic N) is 1. The van der Waals surface area contributed by atoms with Crippen LogP contribution in [-0.4, -0.2) is 315 Å². The molecule has 3 unspecified atom stereocenters. The van der Waals surface area contributed by atoms with Crippen molar-refractivity contribution < 1.29 is 134 Å². The summed E-state index contributed by atoms with van der Waals surface area (Å²) in [6.45, 7) is 7.61. The van der Waals surface area contributed by atoms with Gasteiger partial charge in [0.15, 0.2) is 18.4 Å². The van der Waals surface area contributed by atoms with Crippen LogP contribution in [0.3, 0.4) is 0 Å². The van der Waals surface area contributed by atoms with Crippen LogP contribution in [0, 0.1) is 17.8 Å². The molecule has 30 heteroatoms. The van der Waals surface area contributed by atoms with Crippen molar-refractivity contribution in [3.05, 3.63) is 85.1 Å². The summed E-state index contributed by atoms with van der Waals surface area (Å²) in [4.78, 5) is 29.4. The maximum atomic E-state index is 14.4. The predicted octanol–water partition coefficient (Wildman–Crippen LogP) is -4.28. The fraction of sp³-hybridized carbons (Fsp3) is 0.758. The van der Waals surface area contributed by atoms with Gasteiger partial charge >= 0.3 is 5.97 Å². The monoisotopic (exact) mass is 1370 g/mol. The number of hydrogen-bond acceptors (Lipinski definition) is 29. The van der Waals surface area contributed by atoms with Gasteiger partial charge in [-0.3, -0.25) is 14.5 Å². The smallest absolute Gasteiger partial charge is 0.308 e. The second kappa shape index (κ2) is 39.3. The number of cyclic esters (lactones) is 1. The first-order valence-electron chi connectivity index (χ1n) is 33.3. The Morgan fingerprint density at radius 1 is 0.635 bits per heavy atom. The van der Waals surface area contributed by atoms with Crippen molar-refractivity contribution in [2.45, 2.75) is 238 Å². The first-order valence-corrected chi connectivity index (χ1v) is 33.3. The molecule has 6 rings (SSSR count). The summed E-state index contributed by atoms with van der Waals surface area (Å²) >= 11 is 0. The van der Waals surface area contributed by atoms with E-state index in [1.54, 1.807) is 92.8 Å². The summed E-state index contributed by atoms with van der Waals surface area (Å²) in [5.74, 6) is -8.76. The molecule has 0 spiro atoms. The Bertz CT molecular complexity index is 2540. The van der Waals surface area contributed by atoms with Gasteiger partial charge in [-0.2, -0.15) is 0 Å². The van der Waals surface area contributed by atoms with Crippen LogP contribution in [0.2, 0.25) is 0 Å². The lowest BCUT2D eigenvalue weighted by molar-refractivity contribution is -0.368. The van der Waals surface area contributed by atoms with Crippen molar-refractivity contribution in [1.29, 1.82) is 0 Å². The molecule has 6 aliphatic rings. The number of aliphatic hydroxyl groups excluding tert-OH is 15. The van der Waals surface area contributed by atoms with Gasteiger partial charge in [-0.25, -0.2) is 0 Å². The summed E-state index contributed by atoms with van der Waals surface area (Å²) in [7, 11) is 0. The lowest BCUT2D eigenvalue weighted by atomic mass is 9.82. The highest BCUT2D eigenvalue weighted by atomic mass is 16.7. The number of carbonyl (C=O) groups is 2. The zero-order chi connectivity index (χ0) is 70.4. The fourth-order valence-corrected chi connectivity index (χ4v) is 12.5. The fourth-order valence-electron chi connectivity index (χ4n) is 12.5. The van der Waals surface area contributed by atoms with Crippen LogP contribution >= 0.6 is 0 Å². The van der Waals surface area contributed by atoms with E-state index in [0.717, 1.165) is 0 Å². The molecule has 0 saturated carbocycles. The Morgan fingerprint density at radius 3 is 1.91 bits per heavy atom. The second-order valence-corrected chi connectivity index (χ2v) is 26.1. The van der Waals surface area contributed by atoms with Crippen molar-refractivity contribution in [3.63, 3.8) is 0 Å². The van der Waals surface area contributed by atoms with E-state index in [-0.39, 0.29) is 38.1 Å². The lowest BCUT2D eigenvalue weighted by Crippen LogP contribution is -2.70. The van der Waals surface area contributed by atoms with Crippen LogP contribution in [-0.2, 0) is 47.5 Å². The van der Waals surface area contributed by atoms with E-state index in [4.69, 9.17) is 37.9 Å². The van der Waals surface area contributed by atoms with Gasteiger partial charge in [0.1, 0.15) is 54.9 Å². The number of nitrogens with one attached hydrogen (secondary N) is 2. The zero-order valence-corrected chi connectivity index (χ0v) is 55.0. The van der Waals surface area contributed by atoms with Gasteiger partial charge in [0.2, 0.25) is 11.7 Å². The van der Waals surface area contributed by atoms with E-state index in [1.807, 2.05) is 6.92 Å². The van der Waals surface area contributed by atoms with Crippen LogP contribution < -0.4 is 10.6 Å². The Balaban J connectivity index is 1.26. The van der Waals surface area contributed by atoms with Gasteiger partial charge in [-0.15, -0.1) is 0 Å². The van der Waals surface area contributed by atoms with E-state index < -0.39 is 221 Å². The van der Waals surface area contributed by atoms with E-state index in [1.165, 1.54) is 13.0 Å². The van der Waals surface area contributed by atoms with Gasteiger partial charge in [0, 0.05) is 57.2 Å². The average Bonchev–Trinajstić information content (AvgIpc) is 0.818. The molecule has 2 bridgehead atoms. The Labute approximate surface area is 559 Å². The Kier molecular flexibility index (Phi) is 33.2. The van der Waals surface area contributed by atoms with Crippen LogP contribution in [0.15, 0.2) is 85.1 Å². The maximum Gasteiger partial charge on any atom is 0.308 e. The minimum absolute atomic E-state index is 0.154. The number of esters is 1. The van der Waals surface area contributed by atoms with Crippen molar-refractivity contribution in [3.8, 4) is 0 Å². The Hall–Kier alpha value is -3.92. The molecule has 28 atom stereocenters. The summed E-state index contributed by atoms with van der Waals surface area (Å²) in [6, 6.07) is -1.47. The molecule has 548 valence electrons. The molecule has 30 nitrogen and oxygen atoms in total. The van der Waals surface area contributed by atoms with Crippen LogP contribution in [0.4, 0.5) is 0 Å². The van der Waals surface area contributed by atoms with Crippen molar-refractivity contribution in [1.82, 2.24) is 15.5 Å². The molecule has 96 heavy (non-hydrogen) atoms. The van der Waals surface area contributed by atoms with Crippen molar-refractivity contribution in [2.24, 2.45) is 17.8 Å². The molecule has 0 aromatic heterocycles. The van der Waals surface area contributed by atoms with E-state index in [0.29, 0.717) is 39.3 Å². The van der Waals surface area contributed by atoms with Gasteiger partial charge in [-0.1, -0.05) is 98.9 Å². The standard InChI is InChI=1S/C66H107N3O27/c1-37-18-15-13-11-9-7-5-6-8-10-12-14-16-19-44(93-63-57(82)53(55(80)40(4)92-63)68-36-66(88)61(85)60(48(77)35-90-66)95-64-59(84)58(83)56(81)50(34-70)94-64)31-49-52(62(86)67-22-17-23-69-24-26-89-27-25-69)47(76)33-65(87,96-49)32-43(73)29-46(75)45(74)21-20-41(71)28-42(72)30-51(78)91-39(3)38(2)54(37)79/h5-16,18-19,37-50,52-61,63-64,68,70-77,79-85,87-88H,17,20-36H2,1-4H3,(H,67,86)/t37-,38?,39-,40+,41+,42+,43-,44-,45+,46+,47-,48+,49?,50+,52?,53-,54+,55+,56+,57-,58-,59+,60+,61-,63-,64-,65+,66+/m0/s1. The molecule has 5 saturated heterocycles. The predicted molar refractivity (Wildman–Crippen MR) is 340 cm³/mol. The van der Waals surface area contributed by atoms with E-state index in [2.05, 4.69) is 15.5 Å². The maximum absolute atomic E-state index is 14.4. The molecule has 1 amide bonds. The number of aliphatic hydroxyl groups is 17. The summed E-state index contributed by atoms with van der Waals surface area (Å²) in [6.07, 6.45) is -13.1. The number of morpholine rings is 1. The highest BCUT2D eigenvalue weighted by Crippen LogP contribution is 2.39. The van der Waals surface area contributed by atoms with E-state index >= 15 is 0 Å². The third kappa shape index (κ3) is 24.1. The van der Waals surface area contributed by atoms with Gasteiger partial charge in [0.25, 0.3) is 0 Å². The summed E-state index contributed by atoms with van der Waals surface area (Å²) in [5, 5.41) is 194. The largest absolute Gasteiger partial charge is 0.462 e. The molecule has 5 fully saturated rings. The quantitative estimate of drug-likeness (QED) is 0.0613. The van der Waals surface area contributed by atoms with Gasteiger partial charge < -0.3 is 135 Å². The molecular weight excluding hydrogens is 1270 g/mol. The van der Waals surface area contributed by atoms with Crippen molar-refractivity contribution in [2.75, 3.05) is 59.2 Å². The molecule has 19 N–H and O–H groups in total. The minimum atomic E-state index is -2.68. The normalized spacial score (nSPS) is 43.2. The van der Waals surface area contributed by atoms with Crippen LogP contribution in [0.1, 0.15) is 85.5 Å². The summed E-state index contributed by atoms with van der Waals surface area (Å²) in [5.41, 5.74) is 0. The molecular formula is C66H107N3O27. The van der Waals surface area contributed by atoms with Crippen LogP contribution in [0.5, 0.6) is 0 Å². The number of allylic oxidation sites excluding steroid dienone is 12. The highest BCUT2D eigenvalue weighted by molar-refractivity contribution is 5.80. The first-order chi connectivity index (χ1) is 45.5. The zero-order valence-electron chi connectivity index (χ0n) is 55.0. The number of ether oxygens (including phenoxy) is 8. The Morgan fingerprint density at radius 2 is 1.26 bits per heavy atom. The topological polar surface area (TPSA) is 479 Å². The van der Waals surface area contributed by atoms with E-state index in [9.17, 15) is 96.4 Å². The average molecular weight is 1370 g/mol. The van der Waals surface area contributed by atoms with Crippen molar-refractivity contribution >= 4 is 11.9 Å². The molecule has 6 aliphatic heterocycles. The van der Waals surface area contributed by atoms with Crippen LogP contribution in [0.25, 0.3) is 0 Å². The second-order valence-electron chi connectivity index (χ2n) is 26.1. The molecule has 0 aromatic carbocycles. The number of hydrogen-bond donors (Lipinski definition) is 19. The number of carbonyl (C=O) groups excluding carboxylic acids is 2. The summed E-state index contributed by atoms with van der Waals surface area (Å²) < 4.78 is 46.4. The minimum Gasteiger partial charge on any atom is -0.462 e. The third-order valence-electron chi connectivity index (χ3n) is 18.4. The first kappa shape index (κ1) is 81.0. The molecule has 0 radical (unpaired) electrons. The third-order valence-corrected chi connectivity index (χ3v) is 18.4. The molecule has 6 heterocycles. The molecule has 0 aromatic rings. The number of fused-ring (bicyclic) bond motifs is 2. The van der Waals surface area contributed by atoms with Gasteiger partial charge in [0.05, 0.1) is 118 Å². The SMILES string of the molecule is CC1[C@H](C)OC(=O)C[C@H](O)C[C@H](O)CC[C@@H](O)[C@H](O)C[C@H](O)C[C@]2(O)C[C@H](O)C(C(=O)NCCCN3CCOCC3)C(C[C@@H](O[C@@H]3O[C@H](C)[C@@H](O)[C@H](NC[C@@]4(O)OC[C@@H](O)[C@@H](O[C@@H]5O[C@H](CO)[C@@H](O)[C@H](O)[C@H]5O)[C@@H]4O)[C@@H]3O)C=CC=CC=CC=CC=CC=CC=C[C@H](C)[C@H]1O)O2. The van der Waals surface area contributed by atoms with Gasteiger partial charge in [-0.05, 0) is 46.1 Å². The number of amides is 1. The number of rotatable bonds is 13. The molecule has 0 aliphatic carbocycles.